The minimum Gasteiger partial charge on any atom is -0.469 e. The molecular weight excluding hydrogens is 216 g/mol. The Bertz CT molecular complexity index is 322. The van der Waals surface area contributed by atoms with Crippen LogP contribution in [-0.2, 0) is 11.2 Å². The number of carbonyl (C=O) groups excluding carboxylic acids is 1. The second kappa shape index (κ2) is 7.12. The molecule has 1 aromatic rings. The van der Waals surface area contributed by atoms with Crippen LogP contribution < -0.4 is 11.1 Å². The van der Waals surface area contributed by atoms with Crippen molar-refractivity contribution in [2.75, 3.05) is 6.54 Å². The molecule has 0 radical (unpaired) electrons. The van der Waals surface area contributed by atoms with E-state index in [9.17, 15) is 4.79 Å². The number of rotatable bonds is 7. The fraction of sp³-hybridized carbons (Fsp3) is 0.615. The van der Waals surface area contributed by atoms with Crippen molar-refractivity contribution in [1.29, 1.82) is 0 Å². The minimum absolute atomic E-state index is 0.00828. The van der Waals surface area contributed by atoms with Gasteiger partial charge in [-0.25, -0.2) is 0 Å². The van der Waals surface area contributed by atoms with Gasteiger partial charge in [-0.15, -0.1) is 0 Å². The molecule has 0 aliphatic carbocycles. The second-order valence-electron chi connectivity index (χ2n) is 4.51. The second-order valence-corrected chi connectivity index (χ2v) is 4.51. The monoisotopic (exact) mass is 238 g/mol. The van der Waals surface area contributed by atoms with E-state index in [0.29, 0.717) is 6.54 Å². The van der Waals surface area contributed by atoms with Crippen LogP contribution in [0.3, 0.4) is 0 Å². The Balaban J connectivity index is 2.24. The lowest BCUT2D eigenvalue weighted by Crippen LogP contribution is -2.37. The first-order chi connectivity index (χ1) is 8.13. The number of carbonyl (C=O) groups is 1. The molecule has 2 atom stereocenters. The van der Waals surface area contributed by atoms with Crippen LogP contribution in [0.1, 0.15) is 32.4 Å². The molecule has 0 saturated heterocycles. The SMILES string of the molecule is CC(CCc1ccco1)NC(=O)C(C)CCN. The number of nitrogens with two attached hydrogens (primary N) is 1. The summed E-state index contributed by atoms with van der Waals surface area (Å²) in [7, 11) is 0. The third-order valence-electron chi connectivity index (χ3n) is 2.84. The molecule has 0 bridgehead atoms. The predicted octanol–water partition coefficient (Wildman–Crippen LogP) is 1.70. The number of hydrogen-bond donors (Lipinski definition) is 2. The minimum atomic E-state index is -0.00828. The quantitative estimate of drug-likeness (QED) is 0.759. The maximum Gasteiger partial charge on any atom is 0.223 e. The Kier molecular flexibility index (Phi) is 5.77. The molecule has 1 heterocycles. The van der Waals surface area contributed by atoms with Gasteiger partial charge in [-0.3, -0.25) is 4.79 Å². The topological polar surface area (TPSA) is 68.3 Å². The highest BCUT2D eigenvalue weighted by atomic mass is 16.3. The van der Waals surface area contributed by atoms with Gasteiger partial charge in [0.25, 0.3) is 0 Å². The van der Waals surface area contributed by atoms with Gasteiger partial charge in [-0.2, -0.15) is 0 Å². The van der Waals surface area contributed by atoms with E-state index < -0.39 is 0 Å². The molecule has 96 valence electrons. The lowest BCUT2D eigenvalue weighted by Gasteiger charge is -2.16. The maximum absolute atomic E-state index is 11.7. The Hall–Kier alpha value is -1.29. The molecule has 3 N–H and O–H groups in total. The number of nitrogens with one attached hydrogen (secondary N) is 1. The normalized spacial score (nSPS) is 14.3. The first kappa shape index (κ1) is 13.8. The zero-order valence-corrected chi connectivity index (χ0v) is 10.6. The van der Waals surface area contributed by atoms with Crippen LogP contribution in [0.5, 0.6) is 0 Å². The van der Waals surface area contributed by atoms with E-state index in [1.807, 2.05) is 26.0 Å². The van der Waals surface area contributed by atoms with Gasteiger partial charge in [0.05, 0.1) is 6.26 Å². The van der Waals surface area contributed by atoms with E-state index in [1.165, 1.54) is 0 Å². The third kappa shape index (κ3) is 5.04. The largest absolute Gasteiger partial charge is 0.469 e. The van der Waals surface area contributed by atoms with E-state index in [1.54, 1.807) is 6.26 Å². The highest BCUT2D eigenvalue weighted by Crippen LogP contribution is 2.07. The average molecular weight is 238 g/mol. The molecule has 1 amide bonds. The van der Waals surface area contributed by atoms with Crippen LogP contribution in [0.25, 0.3) is 0 Å². The van der Waals surface area contributed by atoms with Gasteiger partial charge in [0.15, 0.2) is 0 Å². The van der Waals surface area contributed by atoms with Crippen molar-refractivity contribution in [3.63, 3.8) is 0 Å². The molecule has 1 rings (SSSR count). The summed E-state index contributed by atoms with van der Waals surface area (Å²) in [5, 5.41) is 2.99. The first-order valence-corrected chi connectivity index (χ1v) is 6.16. The summed E-state index contributed by atoms with van der Waals surface area (Å²) in [5.41, 5.74) is 5.43. The maximum atomic E-state index is 11.7. The molecule has 17 heavy (non-hydrogen) atoms. The van der Waals surface area contributed by atoms with Crippen molar-refractivity contribution in [1.82, 2.24) is 5.32 Å². The Labute approximate surface area is 103 Å². The van der Waals surface area contributed by atoms with Crippen molar-refractivity contribution in [2.45, 2.75) is 39.2 Å². The number of aryl methyl sites for hydroxylation is 1. The number of furan rings is 1. The standard InChI is InChI=1S/C13H22N2O2/c1-10(7-8-14)13(16)15-11(2)5-6-12-4-3-9-17-12/h3-4,9-11H,5-8,14H2,1-2H3,(H,15,16). The van der Waals surface area contributed by atoms with Crippen LogP contribution in [-0.4, -0.2) is 18.5 Å². The Morgan fingerprint density at radius 2 is 2.24 bits per heavy atom. The summed E-state index contributed by atoms with van der Waals surface area (Å²) in [4.78, 5) is 11.7. The lowest BCUT2D eigenvalue weighted by atomic mass is 10.1. The van der Waals surface area contributed by atoms with Gasteiger partial charge in [0.1, 0.15) is 5.76 Å². The fourth-order valence-corrected chi connectivity index (χ4v) is 1.65. The van der Waals surface area contributed by atoms with E-state index in [0.717, 1.165) is 25.0 Å². The van der Waals surface area contributed by atoms with Gasteiger partial charge in [0.2, 0.25) is 5.91 Å². The summed E-state index contributed by atoms with van der Waals surface area (Å²) in [5.74, 6) is 1.04. The number of hydrogen-bond acceptors (Lipinski definition) is 3. The van der Waals surface area contributed by atoms with E-state index in [4.69, 9.17) is 10.2 Å². The first-order valence-electron chi connectivity index (χ1n) is 6.16. The van der Waals surface area contributed by atoms with Gasteiger partial charge in [-0.1, -0.05) is 6.92 Å². The van der Waals surface area contributed by atoms with Crippen LogP contribution in [0.4, 0.5) is 0 Å². The Morgan fingerprint density at radius 3 is 2.82 bits per heavy atom. The summed E-state index contributed by atoms with van der Waals surface area (Å²) >= 11 is 0. The summed E-state index contributed by atoms with van der Waals surface area (Å²) in [6, 6.07) is 3.99. The molecule has 1 aromatic heterocycles. The van der Waals surface area contributed by atoms with Gasteiger partial charge < -0.3 is 15.5 Å². The molecule has 4 heteroatoms. The van der Waals surface area contributed by atoms with E-state index >= 15 is 0 Å². The van der Waals surface area contributed by atoms with Crippen molar-refractivity contribution in [3.8, 4) is 0 Å². The van der Waals surface area contributed by atoms with Gasteiger partial charge in [-0.05, 0) is 38.4 Å². The summed E-state index contributed by atoms with van der Waals surface area (Å²) in [6.07, 6.45) is 4.13. The molecule has 0 aliphatic rings. The zero-order valence-electron chi connectivity index (χ0n) is 10.6. The smallest absolute Gasteiger partial charge is 0.223 e. The molecule has 0 spiro atoms. The molecular formula is C13H22N2O2. The third-order valence-corrected chi connectivity index (χ3v) is 2.84. The van der Waals surface area contributed by atoms with Gasteiger partial charge in [0, 0.05) is 18.4 Å². The van der Waals surface area contributed by atoms with E-state index in [2.05, 4.69) is 5.32 Å². The van der Waals surface area contributed by atoms with Crippen molar-refractivity contribution in [2.24, 2.45) is 11.7 Å². The lowest BCUT2D eigenvalue weighted by molar-refractivity contribution is -0.125. The van der Waals surface area contributed by atoms with Crippen LogP contribution in [0.2, 0.25) is 0 Å². The molecule has 2 unspecified atom stereocenters. The molecule has 4 nitrogen and oxygen atoms in total. The van der Waals surface area contributed by atoms with Gasteiger partial charge >= 0.3 is 0 Å². The predicted molar refractivity (Wildman–Crippen MR) is 67.5 cm³/mol. The molecule has 0 fully saturated rings. The van der Waals surface area contributed by atoms with Crippen LogP contribution in [0, 0.1) is 5.92 Å². The van der Waals surface area contributed by atoms with Crippen molar-refractivity contribution < 1.29 is 9.21 Å². The van der Waals surface area contributed by atoms with Crippen LogP contribution in [0.15, 0.2) is 22.8 Å². The molecule has 0 aliphatic heterocycles. The molecule has 0 aromatic carbocycles. The average Bonchev–Trinajstić information content (AvgIpc) is 2.79. The number of amides is 1. The fourth-order valence-electron chi connectivity index (χ4n) is 1.65. The highest BCUT2D eigenvalue weighted by molar-refractivity contribution is 5.78. The van der Waals surface area contributed by atoms with Crippen molar-refractivity contribution >= 4 is 5.91 Å². The van der Waals surface area contributed by atoms with Crippen LogP contribution >= 0.6 is 0 Å². The van der Waals surface area contributed by atoms with Crippen molar-refractivity contribution in [3.05, 3.63) is 24.2 Å². The summed E-state index contributed by atoms with van der Waals surface area (Å²) < 4.78 is 5.25. The Morgan fingerprint density at radius 1 is 1.47 bits per heavy atom. The highest BCUT2D eigenvalue weighted by Gasteiger charge is 2.14. The summed E-state index contributed by atoms with van der Waals surface area (Å²) in [6.45, 7) is 4.47. The zero-order chi connectivity index (χ0) is 12.7. The molecule has 0 saturated carbocycles. The van der Waals surface area contributed by atoms with E-state index in [-0.39, 0.29) is 17.9 Å².